The van der Waals surface area contributed by atoms with E-state index in [0.29, 0.717) is 39.5 Å². The van der Waals surface area contributed by atoms with Gasteiger partial charge in [-0.1, -0.05) is 12.5 Å². The summed E-state index contributed by atoms with van der Waals surface area (Å²) in [6, 6.07) is 3.56. The number of benzene rings is 1. The second-order valence-corrected chi connectivity index (χ2v) is 8.25. The van der Waals surface area contributed by atoms with Gasteiger partial charge in [0, 0.05) is 26.6 Å². The third kappa shape index (κ3) is 6.93. The van der Waals surface area contributed by atoms with E-state index in [4.69, 9.17) is 14.2 Å². The quantitative estimate of drug-likeness (QED) is 0.294. The maximum atomic E-state index is 13.1. The Hall–Kier alpha value is -3.15. The highest BCUT2D eigenvalue weighted by Crippen LogP contribution is 2.32. The molecule has 0 aliphatic carbocycles. The number of carbonyl (C=O) groups is 5. The van der Waals surface area contributed by atoms with E-state index in [1.807, 2.05) is 0 Å². The van der Waals surface area contributed by atoms with Crippen LogP contribution in [-0.2, 0) is 28.6 Å². The normalized spacial score (nSPS) is 17.5. The van der Waals surface area contributed by atoms with Gasteiger partial charge >= 0.3 is 0 Å². The lowest BCUT2D eigenvalue weighted by atomic mass is 10.0. The third-order valence-electron chi connectivity index (χ3n) is 5.74. The van der Waals surface area contributed by atoms with E-state index in [1.54, 1.807) is 19.2 Å². The highest BCUT2D eigenvalue weighted by Gasteiger charge is 2.45. The van der Waals surface area contributed by atoms with Gasteiger partial charge in [0.25, 0.3) is 11.8 Å². The highest BCUT2D eigenvalue weighted by molar-refractivity contribution is 6.26. The maximum absolute atomic E-state index is 13.1. The summed E-state index contributed by atoms with van der Waals surface area (Å²) in [5, 5.41) is 4.88. The summed E-state index contributed by atoms with van der Waals surface area (Å²) in [7, 11) is 1.62. The smallest absolute Gasteiger partial charge is 0.264 e. The molecule has 0 bridgehead atoms. The van der Waals surface area contributed by atoms with Crippen molar-refractivity contribution in [3.8, 4) is 0 Å². The van der Waals surface area contributed by atoms with Gasteiger partial charge in [0.2, 0.25) is 17.7 Å². The largest absolute Gasteiger partial charge is 0.382 e. The number of nitrogens with one attached hydrogen (secondary N) is 2. The second kappa shape index (κ2) is 13.1. The Labute approximate surface area is 203 Å². The summed E-state index contributed by atoms with van der Waals surface area (Å²) in [6.45, 7) is 2.68. The molecule has 2 heterocycles. The number of unbranched alkanes of at least 4 members (excludes halogenated alkanes) is 2. The lowest BCUT2D eigenvalue weighted by Crippen LogP contribution is -2.54. The minimum Gasteiger partial charge on any atom is -0.382 e. The minimum absolute atomic E-state index is 0.0423. The number of carbonyl (C=O) groups excluding carboxylic acids is 5. The van der Waals surface area contributed by atoms with Crippen LogP contribution in [0.2, 0.25) is 0 Å². The zero-order chi connectivity index (χ0) is 25.2. The van der Waals surface area contributed by atoms with Crippen LogP contribution in [0.15, 0.2) is 18.2 Å². The number of amides is 5. The molecule has 11 nitrogen and oxygen atoms in total. The molecular formula is C24H31N3O8. The van der Waals surface area contributed by atoms with Gasteiger partial charge in [0.1, 0.15) is 6.04 Å². The summed E-state index contributed by atoms with van der Waals surface area (Å²) in [6.07, 6.45) is 2.61. The highest BCUT2D eigenvalue weighted by atomic mass is 16.5. The fourth-order valence-corrected chi connectivity index (χ4v) is 3.96. The van der Waals surface area contributed by atoms with Crippen LogP contribution in [0.4, 0.5) is 5.69 Å². The molecule has 2 aliphatic heterocycles. The standard InChI is InChI=1S/C24H31N3O8/c1-33-12-13-35-15-14-34-11-4-2-3-8-19(28)25-17-7-5-6-16-21(17)24(32)27(23(16)31)18-9-10-20(29)26-22(18)30/h5-7,18H,2-4,8-15H2,1H3,(H,25,28)(H,26,29,30). The SMILES string of the molecule is COCCOCCOCCCCCC(=O)Nc1cccc2c1C(=O)N(C1CCC(=O)NC1=O)C2=O. The average Bonchev–Trinajstić information content (AvgIpc) is 3.08. The van der Waals surface area contributed by atoms with Crippen molar-refractivity contribution in [3.05, 3.63) is 29.3 Å². The maximum Gasteiger partial charge on any atom is 0.264 e. The molecule has 1 unspecified atom stereocenters. The van der Waals surface area contributed by atoms with Crippen molar-refractivity contribution >= 4 is 35.2 Å². The molecule has 3 rings (SSSR count). The van der Waals surface area contributed by atoms with Crippen LogP contribution in [0, 0.1) is 0 Å². The number of anilines is 1. The van der Waals surface area contributed by atoms with E-state index >= 15 is 0 Å². The molecule has 2 N–H and O–H groups in total. The van der Waals surface area contributed by atoms with Crippen LogP contribution in [0.5, 0.6) is 0 Å². The Morgan fingerprint density at radius 2 is 1.74 bits per heavy atom. The summed E-state index contributed by atoms with van der Waals surface area (Å²) in [4.78, 5) is 62.9. The van der Waals surface area contributed by atoms with E-state index < -0.39 is 29.7 Å². The summed E-state index contributed by atoms with van der Waals surface area (Å²) in [5.41, 5.74) is 0.426. The number of hydrogen-bond donors (Lipinski definition) is 2. The number of nitrogens with zero attached hydrogens (tertiary/aromatic N) is 1. The van der Waals surface area contributed by atoms with Gasteiger partial charge in [-0.3, -0.25) is 34.2 Å². The van der Waals surface area contributed by atoms with Crippen LogP contribution in [0.1, 0.15) is 59.2 Å². The first-order chi connectivity index (χ1) is 16.9. The molecule has 1 aromatic rings. The third-order valence-corrected chi connectivity index (χ3v) is 5.74. The van der Waals surface area contributed by atoms with Crippen molar-refractivity contribution in [2.75, 3.05) is 45.5 Å². The fraction of sp³-hybridized carbons (Fsp3) is 0.542. The number of rotatable bonds is 14. The Morgan fingerprint density at radius 3 is 2.49 bits per heavy atom. The van der Waals surface area contributed by atoms with Gasteiger partial charge in [0.15, 0.2) is 0 Å². The van der Waals surface area contributed by atoms with Gasteiger partial charge in [-0.25, -0.2) is 0 Å². The van der Waals surface area contributed by atoms with Crippen molar-refractivity contribution in [1.29, 1.82) is 0 Å². The number of piperidine rings is 1. The van der Waals surface area contributed by atoms with Crippen LogP contribution < -0.4 is 10.6 Å². The van der Waals surface area contributed by atoms with Crippen molar-refractivity contribution in [1.82, 2.24) is 10.2 Å². The van der Waals surface area contributed by atoms with Gasteiger partial charge in [-0.05, 0) is 31.4 Å². The molecule has 1 fully saturated rings. The topological polar surface area (TPSA) is 140 Å². The summed E-state index contributed by atoms with van der Waals surface area (Å²) >= 11 is 0. The minimum atomic E-state index is -1.05. The van der Waals surface area contributed by atoms with Crippen LogP contribution in [0.25, 0.3) is 0 Å². The average molecular weight is 490 g/mol. The molecule has 2 aliphatic rings. The van der Waals surface area contributed by atoms with Crippen molar-refractivity contribution in [3.63, 3.8) is 0 Å². The number of imide groups is 2. The molecule has 1 saturated heterocycles. The molecule has 190 valence electrons. The first kappa shape index (κ1) is 26.5. The lowest BCUT2D eigenvalue weighted by molar-refractivity contribution is -0.136. The van der Waals surface area contributed by atoms with E-state index in [9.17, 15) is 24.0 Å². The summed E-state index contributed by atoms with van der Waals surface area (Å²) in [5.74, 6) is -2.65. The number of methoxy groups -OCH3 is 1. The predicted octanol–water partition coefficient (Wildman–Crippen LogP) is 1.27. The van der Waals surface area contributed by atoms with Crippen LogP contribution in [-0.4, -0.2) is 80.6 Å². The lowest BCUT2D eigenvalue weighted by Gasteiger charge is -2.27. The van der Waals surface area contributed by atoms with E-state index in [0.717, 1.165) is 17.7 Å². The van der Waals surface area contributed by atoms with Crippen LogP contribution >= 0.6 is 0 Å². The number of hydrogen-bond acceptors (Lipinski definition) is 8. The Morgan fingerprint density at radius 1 is 1.00 bits per heavy atom. The fourth-order valence-electron chi connectivity index (χ4n) is 3.96. The van der Waals surface area contributed by atoms with E-state index in [2.05, 4.69) is 10.6 Å². The number of fused-ring (bicyclic) bond motifs is 1. The first-order valence-electron chi connectivity index (χ1n) is 11.7. The monoisotopic (exact) mass is 489 g/mol. The predicted molar refractivity (Wildman–Crippen MR) is 124 cm³/mol. The molecule has 35 heavy (non-hydrogen) atoms. The molecule has 0 saturated carbocycles. The van der Waals surface area contributed by atoms with E-state index in [1.165, 1.54) is 6.07 Å². The van der Waals surface area contributed by atoms with Gasteiger partial charge in [-0.2, -0.15) is 0 Å². The molecule has 0 spiro atoms. The van der Waals surface area contributed by atoms with Crippen LogP contribution in [0.3, 0.4) is 0 Å². The molecular weight excluding hydrogens is 458 g/mol. The number of ether oxygens (including phenoxy) is 3. The summed E-state index contributed by atoms with van der Waals surface area (Å²) < 4.78 is 15.7. The Bertz CT molecular complexity index is 964. The molecule has 5 amide bonds. The van der Waals surface area contributed by atoms with Crippen molar-refractivity contribution < 1.29 is 38.2 Å². The second-order valence-electron chi connectivity index (χ2n) is 8.25. The first-order valence-corrected chi connectivity index (χ1v) is 11.7. The van der Waals surface area contributed by atoms with Crippen molar-refractivity contribution in [2.45, 2.75) is 44.6 Å². The Balaban J connectivity index is 1.44. The zero-order valence-electron chi connectivity index (χ0n) is 19.8. The molecule has 1 atom stereocenters. The Kier molecular flexibility index (Phi) is 9.88. The van der Waals surface area contributed by atoms with Gasteiger partial charge < -0.3 is 19.5 Å². The molecule has 11 heteroatoms. The van der Waals surface area contributed by atoms with Gasteiger partial charge in [-0.15, -0.1) is 0 Å². The van der Waals surface area contributed by atoms with Crippen molar-refractivity contribution in [2.24, 2.45) is 0 Å². The zero-order valence-corrected chi connectivity index (χ0v) is 19.8. The molecule has 0 aromatic heterocycles. The molecule has 1 aromatic carbocycles. The molecule has 0 radical (unpaired) electrons. The van der Waals surface area contributed by atoms with Gasteiger partial charge in [0.05, 0.1) is 43.2 Å². The van der Waals surface area contributed by atoms with E-state index in [-0.39, 0.29) is 42.0 Å².